The van der Waals surface area contributed by atoms with E-state index in [0.717, 1.165) is 4.31 Å². The lowest BCUT2D eigenvalue weighted by atomic mass is 10.1. The van der Waals surface area contributed by atoms with E-state index in [1.54, 1.807) is 54.6 Å². The van der Waals surface area contributed by atoms with Crippen LogP contribution in [0.3, 0.4) is 0 Å². The number of benzene rings is 3. The molecule has 3 aromatic rings. The number of rotatable bonds is 7. The van der Waals surface area contributed by atoms with Crippen LogP contribution in [0.1, 0.15) is 5.56 Å². The number of esters is 1. The van der Waals surface area contributed by atoms with Crippen LogP contribution in [0.5, 0.6) is 5.75 Å². The van der Waals surface area contributed by atoms with Crippen LogP contribution in [0.2, 0.25) is 10.0 Å². The molecule has 0 saturated heterocycles. The third-order valence-corrected chi connectivity index (χ3v) is 7.99. The lowest BCUT2D eigenvalue weighted by Gasteiger charge is -2.34. The number of carbonyl (C=O) groups is 2. The zero-order chi connectivity index (χ0) is 25.9. The molecule has 1 heterocycles. The van der Waals surface area contributed by atoms with Crippen molar-refractivity contribution in [1.29, 1.82) is 0 Å². The Labute approximate surface area is 219 Å². The molecule has 0 unspecified atom stereocenters. The van der Waals surface area contributed by atoms with E-state index in [2.05, 4.69) is 0 Å². The van der Waals surface area contributed by atoms with E-state index in [4.69, 9.17) is 32.7 Å². The fraction of sp³-hybridized carbons (Fsp3) is 0.200. The number of amides is 1. The summed E-state index contributed by atoms with van der Waals surface area (Å²) >= 11 is 12.3. The molecular formula is C25H22Cl2N2O6S. The third-order valence-electron chi connectivity index (χ3n) is 5.59. The number of carbonyl (C=O) groups excluding carboxylic acids is 2. The van der Waals surface area contributed by atoms with Crippen molar-refractivity contribution in [2.45, 2.75) is 17.5 Å². The highest BCUT2D eigenvalue weighted by atomic mass is 35.5. The number of para-hydroxylation sites is 2. The lowest BCUT2D eigenvalue weighted by molar-refractivity contribution is -0.148. The number of fused-ring (bicyclic) bond motifs is 1. The molecule has 0 fully saturated rings. The fourth-order valence-electron chi connectivity index (χ4n) is 3.77. The van der Waals surface area contributed by atoms with Gasteiger partial charge in [-0.25, -0.2) is 13.2 Å². The number of sulfonamides is 1. The zero-order valence-electron chi connectivity index (χ0n) is 19.1. The molecule has 0 bridgehead atoms. The van der Waals surface area contributed by atoms with E-state index in [1.165, 1.54) is 30.2 Å². The summed E-state index contributed by atoms with van der Waals surface area (Å²) in [5, 5.41) is 0.668. The van der Waals surface area contributed by atoms with Gasteiger partial charge in [-0.05, 0) is 42.0 Å². The number of halogens is 2. The highest BCUT2D eigenvalue weighted by Crippen LogP contribution is 2.34. The van der Waals surface area contributed by atoms with Crippen LogP contribution in [0.25, 0.3) is 0 Å². The van der Waals surface area contributed by atoms with Gasteiger partial charge >= 0.3 is 5.97 Å². The smallest absolute Gasteiger partial charge is 0.348 e. The Morgan fingerprint density at radius 2 is 1.75 bits per heavy atom. The van der Waals surface area contributed by atoms with Crippen molar-refractivity contribution in [2.24, 2.45) is 0 Å². The minimum atomic E-state index is -4.10. The monoisotopic (exact) mass is 548 g/mol. The second kappa shape index (κ2) is 10.9. The molecule has 8 nitrogen and oxygen atoms in total. The maximum atomic E-state index is 13.6. The predicted molar refractivity (Wildman–Crippen MR) is 136 cm³/mol. The molecule has 0 spiro atoms. The van der Waals surface area contributed by atoms with E-state index < -0.39 is 34.5 Å². The summed E-state index contributed by atoms with van der Waals surface area (Å²) in [5.74, 6) is -0.890. The van der Waals surface area contributed by atoms with Crippen LogP contribution in [0.4, 0.5) is 5.69 Å². The largest absolute Gasteiger partial charge is 0.475 e. The molecular weight excluding hydrogens is 527 g/mol. The first kappa shape index (κ1) is 26.0. The van der Waals surface area contributed by atoms with E-state index in [1.807, 2.05) is 0 Å². The Bertz CT molecular complexity index is 1380. The van der Waals surface area contributed by atoms with Crippen LogP contribution in [-0.4, -0.2) is 50.9 Å². The van der Waals surface area contributed by atoms with Crippen molar-refractivity contribution in [3.05, 3.63) is 88.4 Å². The summed E-state index contributed by atoms with van der Waals surface area (Å²) in [6.07, 6.45) is -1.06. The van der Waals surface area contributed by atoms with Crippen LogP contribution in [0, 0.1) is 0 Å². The Morgan fingerprint density at radius 1 is 1.06 bits per heavy atom. The molecule has 0 aromatic heterocycles. The quantitative estimate of drug-likeness (QED) is 0.411. The van der Waals surface area contributed by atoms with E-state index in [9.17, 15) is 18.0 Å². The van der Waals surface area contributed by atoms with Gasteiger partial charge in [0.05, 0.1) is 30.8 Å². The summed E-state index contributed by atoms with van der Waals surface area (Å²) in [5.41, 5.74) is 0.896. The molecule has 36 heavy (non-hydrogen) atoms. The van der Waals surface area contributed by atoms with Crippen molar-refractivity contribution in [1.82, 2.24) is 4.31 Å². The molecule has 0 radical (unpaired) electrons. The van der Waals surface area contributed by atoms with Crippen molar-refractivity contribution >= 4 is 50.8 Å². The molecule has 0 saturated carbocycles. The molecule has 0 aliphatic carbocycles. The molecule has 1 amide bonds. The van der Waals surface area contributed by atoms with Crippen LogP contribution in [-0.2, 0) is 30.9 Å². The Hall–Kier alpha value is -3.11. The topological polar surface area (TPSA) is 93.2 Å². The number of hydrogen-bond acceptors (Lipinski definition) is 6. The predicted octanol–water partition coefficient (Wildman–Crippen LogP) is 4.15. The van der Waals surface area contributed by atoms with Gasteiger partial charge in [0.2, 0.25) is 22.0 Å². The van der Waals surface area contributed by atoms with E-state index >= 15 is 0 Å². The SMILES string of the molecule is COC(=O)[C@@H]1CN(C(=O)CN(Cc2ccc(Cl)cc2Cl)S(=O)(=O)c2ccccc2)c2ccccc2O1. The Morgan fingerprint density at radius 3 is 2.44 bits per heavy atom. The van der Waals surface area contributed by atoms with Gasteiger partial charge in [0.15, 0.2) is 0 Å². The van der Waals surface area contributed by atoms with Gasteiger partial charge in [0.1, 0.15) is 5.75 Å². The first-order valence-corrected chi connectivity index (χ1v) is 13.0. The van der Waals surface area contributed by atoms with Crippen molar-refractivity contribution in [3.8, 4) is 5.75 Å². The van der Waals surface area contributed by atoms with E-state index in [0.29, 0.717) is 22.0 Å². The second-order valence-corrected chi connectivity index (χ2v) is 10.7. The van der Waals surface area contributed by atoms with Gasteiger partial charge in [0, 0.05) is 16.6 Å². The molecule has 1 aliphatic rings. The zero-order valence-corrected chi connectivity index (χ0v) is 21.5. The minimum Gasteiger partial charge on any atom is -0.475 e. The molecule has 3 aromatic carbocycles. The fourth-order valence-corrected chi connectivity index (χ4v) is 5.63. The van der Waals surface area contributed by atoms with Gasteiger partial charge in [-0.2, -0.15) is 4.31 Å². The number of anilines is 1. The van der Waals surface area contributed by atoms with Gasteiger partial charge in [-0.1, -0.05) is 59.6 Å². The normalized spacial score (nSPS) is 15.2. The molecule has 11 heteroatoms. The van der Waals surface area contributed by atoms with Crippen LogP contribution < -0.4 is 9.64 Å². The van der Waals surface area contributed by atoms with Gasteiger partial charge in [-0.15, -0.1) is 0 Å². The number of methoxy groups -OCH3 is 1. The molecule has 0 N–H and O–H groups in total. The Balaban J connectivity index is 1.70. The first-order valence-electron chi connectivity index (χ1n) is 10.8. The standard InChI is InChI=1S/C25H22Cl2N2O6S/c1-34-25(31)23-15-29(21-9-5-6-10-22(21)35-23)24(30)16-28(14-17-11-12-18(26)13-20(17)27)36(32,33)19-7-3-2-4-8-19/h2-13,23H,14-16H2,1H3/t23-/m0/s1. The summed E-state index contributed by atoms with van der Waals surface area (Å²) in [6.45, 7) is -0.826. The lowest BCUT2D eigenvalue weighted by Crippen LogP contribution is -2.50. The first-order chi connectivity index (χ1) is 17.2. The Kier molecular flexibility index (Phi) is 7.85. The average Bonchev–Trinajstić information content (AvgIpc) is 2.88. The highest BCUT2D eigenvalue weighted by Gasteiger charge is 2.36. The number of hydrogen-bond donors (Lipinski definition) is 0. The van der Waals surface area contributed by atoms with Crippen molar-refractivity contribution in [3.63, 3.8) is 0 Å². The van der Waals surface area contributed by atoms with Crippen molar-refractivity contribution < 1.29 is 27.5 Å². The van der Waals surface area contributed by atoms with Crippen LogP contribution >= 0.6 is 23.2 Å². The van der Waals surface area contributed by atoms with Gasteiger partial charge in [0.25, 0.3) is 0 Å². The van der Waals surface area contributed by atoms with Crippen LogP contribution in [0.15, 0.2) is 77.7 Å². The minimum absolute atomic E-state index is 0.0256. The third kappa shape index (κ3) is 5.49. The van der Waals surface area contributed by atoms with Crippen molar-refractivity contribution in [2.75, 3.05) is 25.1 Å². The molecule has 1 aliphatic heterocycles. The highest BCUT2D eigenvalue weighted by molar-refractivity contribution is 7.89. The molecule has 1 atom stereocenters. The van der Waals surface area contributed by atoms with Gasteiger partial charge in [-0.3, -0.25) is 4.79 Å². The summed E-state index contributed by atoms with van der Waals surface area (Å²) in [7, 11) is -2.88. The summed E-state index contributed by atoms with van der Waals surface area (Å²) < 4.78 is 38.7. The number of ether oxygens (including phenoxy) is 2. The maximum Gasteiger partial charge on any atom is 0.348 e. The average molecular weight is 549 g/mol. The molecule has 4 rings (SSSR count). The second-order valence-electron chi connectivity index (χ2n) is 7.92. The summed E-state index contributed by atoms with van der Waals surface area (Å²) in [6, 6.07) is 19.2. The molecule has 188 valence electrons. The number of nitrogens with zero attached hydrogens (tertiary/aromatic N) is 2. The maximum absolute atomic E-state index is 13.6. The summed E-state index contributed by atoms with van der Waals surface area (Å²) in [4.78, 5) is 27.1. The van der Waals surface area contributed by atoms with E-state index in [-0.39, 0.29) is 23.0 Å². The van der Waals surface area contributed by atoms with Gasteiger partial charge < -0.3 is 14.4 Å².